The summed E-state index contributed by atoms with van der Waals surface area (Å²) in [6, 6.07) is 13.0. The van der Waals surface area contributed by atoms with Crippen LogP contribution < -0.4 is 0 Å². The Kier molecular flexibility index (Phi) is 3.17. The number of carbonyl (C=O) groups is 1. The number of fused-ring (bicyclic) bond motifs is 1. The van der Waals surface area contributed by atoms with Gasteiger partial charge in [-0.3, -0.25) is 9.78 Å². The number of halogens is 1. The molecule has 2 aromatic heterocycles. The summed E-state index contributed by atoms with van der Waals surface area (Å²) < 4.78 is 6.46. The Balaban J connectivity index is 1.92. The van der Waals surface area contributed by atoms with Crippen LogP contribution in [0.5, 0.6) is 0 Å². The summed E-state index contributed by atoms with van der Waals surface area (Å²) >= 11 is 3.41. The second kappa shape index (κ2) is 4.97. The number of benzene rings is 1. The number of hydrogen-bond acceptors (Lipinski definition) is 3. The molecule has 0 radical (unpaired) electrons. The third-order valence-electron chi connectivity index (χ3n) is 2.84. The second-order valence-electron chi connectivity index (χ2n) is 4.19. The summed E-state index contributed by atoms with van der Waals surface area (Å²) in [6.45, 7) is 0. The number of nitrogens with zero attached hydrogens (tertiary/aromatic N) is 1. The third kappa shape index (κ3) is 2.44. The van der Waals surface area contributed by atoms with Crippen LogP contribution in [0, 0.1) is 0 Å². The number of hydrogen-bond donors (Lipinski definition) is 0. The minimum Gasteiger partial charge on any atom is -0.452 e. The van der Waals surface area contributed by atoms with E-state index in [9.17, 15) is 4.79 Å². The fourth-order valence-corrected chi connectivity index (χ4v) is 2.38. The molecule has 0 bridgehead atoms. The van der Waals surface area contributed by atoms with Crippen LogP contribution in [0.25, 0.3) is 11.0 Å². The fourth-order valence-electron chi connectivity index (χ4n) is 1.92. The molecule has 0 spiro atoms. The topological polar surface area (TPSA) is 43.1 Å². The minimum absolute atomic E-state index is 0.0678. The number of pyridine rings is 1. The molecule has 1 aromatic carbocycles. The van der Waals surface area contributed by atoms with E-state index in [2.05, 4.69) is 20.9 Å². The lowest BCUT2D eigenvalue weighted by atomic mass is 10.1. The summed E-state index contributed by atoms with van der Waals surface area (Å²) in [4.78, 5) is 16.3. The molecule has 3 rings (SSSR count). The Morgan fingerprint density at radius 3 is 2.84 bits per heavy atom. The summed E-state index contributed by atoms with van der Waals surface area (Å²) in [7, 11) is 0. The van der Waals surface area contributed by atoms with E-state index in [-0.39, 0.29) is 12.2 Å². The van der Waals surface area contributed by atoms with Crippen molar-refractivity contribution < 1.29 is 9.21 Å². The standard InChI is InChI=1S/C15H10BrNO2/c16-12-6-3-4-10-8-14(19-15(10)12)13(18)9-11-5-1-2-7-17-11/h1-8H,9H2. The lowest BCUT2D eigenvalue weighted by Crippen LogP contribution is -2.03. The first kappa shape index (κ1) is 12.1. The highest BCUT2D eigenvalue weighted by molar-refractivity contribution is 9.10. The highest BCUT2D eigenvalue weighted by Gasteiger charge is 2.14. The Labute approximate surface area is 118 Å². The maximum atomic E-state index is 12.1. The molecule has 3 nitrogen and oxygen atoms in total. The highest BCUT2D eigenvalue weighted by atomic mass is 79.9. The average molecular weight is 316 g/mol. The predicted octanol–water partition coefficient (Wildman–Crippen LogP) is 4.02. The maximum Gasteiger partial charge on any atom is 0.203 e. The zero-order valence-electron chi connectivity index (χ0n) is 9.97. The van der Waals surface area contributed by atoms with Crippen LogP contribution in [-0.2, 0) is 6.42 Å². The van der Waals surface area contributed by atoms with E-state index in [0.717, 1.165) is 15.6 Å². The van der Waals surface area contributed by atoms with E-state index < -0.39 is 0 Å². The van der Waals surface area contributed by atoms with Crippen LogP contribution in [0.4, 0.5) is 0 Å². The Bertz CT molecular complexity index is 734. The van der Waals surface area contributed by atoms with Gasteiger partial charge in [-0.2, -0.15) is 0 Å². The van der Waals surface area contributed by atoms with Crippen LogP contribution >= 0.6 is 15.9 Å². The zero-order valence-corrected chi connectivity index (χ0v) is 11.6. The molecular weight excluding hydrogens is 306 g/mol. The normalized spacial score (nSPS) is 10.8. The molecule has 0 aliphatic heterocycles. The molecule has 0 saturated heterocycles. The van der Waals surface area contributed by atoms with Crippen molar-refractivity contribution in [2.45, 2.75) is 6.42 Å². The predicted molar refractivity (Wildman–Crippen MR) is 76.2 cm³/mol. The summed E-state index contributed by atoms with van der Waals surface area (Å²) in [5.41, 5.74) is 1.44. The minimum atomic E-state index is -0.0678. The monoisotopic (exact) mass is 315 g/mol. The molecule has 0 amide bonds. The fraction of sp³-hybridized carbons (Fsp3) is 0.0667. The van der Waals surface area contributed by atoms with Crippen molar-refractivity contribution in [1.29, 1.82) is 0 Å². The Morgan fingerprint density at radius 2 is 2.11 bits per heavy atom. The Hall–Kier alpha value is -1.94. The highest BCUT2D eigenvalue weighted by Crippen LogP contribution is 2.27. The van der Waals surface area contributed by atoms with Crippen LogP contribution in [0.15, 0.2) is 57.6 Å². The second-order valence-corrected chi connectivity index (χ2v) is 5.04. The molecular formula is C15H10BrNO2. The van der Waals surface area contributed by atoms with Gasteiger partial charge in [-0.1, -0.05) is 18.2 Å². The van der Waals surface area contributed by atoms with E-state index in [0.29, 0.717) is 11.3 Å². The number of aromatic nitrogens is 1. The summed E-state index contributed by atoms with van der Waals surface area (Å²) in [5.74, 6) is 0.300. The third-order valence-corrected chi connectivity index (χ3v) is 3.46. The van der Waals surface area contributed by atoms with E-state index in [1.54, 1.807) is 12.3 Å². The zero-order chi connectivity index (χ0) is 13.2. The van der Waals surface area contributed by atoms with E-state index in [1.165, 1.54) is 0 Å². The van der Waals surface area contributed by atoms with Crippen molar-refractivity contribution in [2.24, 2.45) is 0 Å². The van der Waals surface area contributed by atoms with E-state index in [4.69, 9.17) is 4.42 Å². The molecule has 0 saturated carbocycles. The number of rotatable bonds is 3. The first-order valence-electron chi connectivity index (χ1n) is 5.85. The van der Waals surface area contributed by atoms with Crippen molar-refractivity contribution in [1.82, 2.24) is 4.98 Å². The van der Waals surface area contributed by atoms with Crippen molar-refractivity contribution in [3.8, 4) is 0 Å². The van der Waals surface area contributed by atoms with Gasteiger partial charge in [0.25, 0.3) is 0 Å². The van der Waals surface area contributed by atoms with Crippen molar-refractivity contribution in [2.75, 3.05) is 0 Å². The van der Waals surface area contributed by atoms with Crippen molar-refractivity contribution >= 4 is 32.7 Å². The molecule has 3 aromatic rings. The van der Waals surface area contributed by atoms with Crippen molar-refractivity contribution in [3.05, 3.63) is 64.6 Å². The number of ketones is 1. The maximum absolute atomic E-state index is 12.1. The molecule has 0 atom stereocenters. The number of carbonyl (C=O) groups excluding carboxylic acids is 1. The van der Waals surface area contributed by atoms with Gasteiger partial charge >= 0.3 is 0 Å². The first-order chi connectivity index (χ1) is 9.24. The van der Waals surface area contributed by atoms with Gasteiger partial charge in [-0.25, -0.2) is 0 Å². The van der Waals surface area contributed by atoms with E-state index >= 15 is 0 Å². The van der Waals surface area contributed by atoms with Crippen LogP contribution in [-0.4, -0.2) is 10.8 Å². The molecule has 0 unspecified atom stereocenters. The molecule has 4 heteroatoms. The van der Waals surface area contributed by atoms with Gasteiger partial charge in [0.2, 0.25) is 5.78 Å². The van der Waals surface area contributed by atoms with Gasteiger partial charge in [0.15, 0.2) is 5.76 Å². The van der Waals surface area contributed by atoms with Crippen LogP contribution in [0.1, 0.15) is 16.2 Å². The quantitative estimate of drug-likeness (QED) is 0.686. The molecule has 19 heavy (non-hydrogen) atoms. The van der Waals surface area contributed by atoms with Gasteiger partial charge in [0.1, 0.15) is 5.58 Å². The number of para-hydroxylation sites is 1. The lowest BCUT2D eigenvalue weighted by Gasteiger charge is -1.96. The molecule has 0 N–H and O–H groups in total. The van der Waals surface area contributed by atoms with Crippen LogP contribution in [0.3, 0.4) is 0 Å². The molecule has 94 valence electrons. The number of Topliss-reactive ketones (excluding diaryl/α,β-unsaturated/α-hetero) is 1. The van der Waals surface area contributed by atoms with Gasteiger partial charge in [0.05, 0.1) is 10.9 Å². The average Bonchev–Trinajstić information content (AvgIpc) is 2.85. The molecule has 0 aliphatic carbocycles. The lowest BCUT2D eigenvalue weighted by molar-refractivity contribution is 0.0967. The van der Waals surface area contributed by atoms with Crippen molar-refractivity contribution in [3.63, 3.8) is 0 Å². The smallest absolute Gasteiger partial charge is 0.203 e. The van der Waals surface area contributed by atoms with E-state index in [1.807, 2.05) is 36.4 Å². The van der Waals surface area contributed by atoms with Gasteiger partial charge < -0.3 is 4.42 Å². The first-order valence-corrected chi connectivity index (χ1v) is 6.64. The molecule has 0 aliphatic rings. The van der Waals surface area contributed by atoms with Gasteiger partial charge in [-0.15, -0.1) is 0 Å². The number of furan rings is 1. The molecule has 2 heterocycles. The Morgan fingerprint density at radius 1 is 1.21 bits per heavy atom. The largest absolute Gasteiger partial charge is 0.452 e. The van der Waals surface area contributed by atoms with Crippen LogP contribution in [0.2, 0.25) is 0 Å². The van der Waals surface area contributed by atoms with Gasteiger partial charge in [-0.05, 0) is 40.2 Å². The SMILES string of the molecule is O=C(Cc1ccccn1)c1cc2cccc(Br)c2o1. The summed E-state index contributed by atoms with van der Waals surface area (Å²) in [6.07, 6.45) is 1.93. The van der Waals surface area contributed by atoms with Gasteiger partial charge in [0, 0.05) is 17.3 Å². The summed E-state index contributed by atoms with van der Waals surface area (Å²) in [5, 5.41) is 0.916. The molecule has 0 fully saturated rings.